The van der Waals surface area contributed by atoms with Crippen molar-refractivity contribution in [2.75, 3.05) is 0 Å². The molecule has 3 heterocycles. The van der Waals surface area contributed by atoms with Crippen LogP contribution in [0.5, 0.6) is 0 Å². The van der Waals surface area contributed by atoms with Crippen LogP contribution in [0.1, 0.15) is 75.5 Å². The third-order valence-electron chi connectivity index (χ3n) is 10.3. The second-order valence-corrected chi connectivity index (χ2v) is 12.0. The van der Waals surface area contributed by atoms with Crippen molar-refractivity contribution in [3.63, 3.8) is 0 Å². The Bertz CT molecular complexity index is 1180. The minimum absolute atomic E-state index is 0. The average Bonchev–Trinajstić information content (AvgIpc) is 3.05. The summed E-state index contributed by atoms with van der Waals surface area (Å²) in [5.74, 6) is 6.28. The van der Waals surface area contributed by atoms with E-state index in [0.717, 1.165) is 48.3 Å². The zero-order chi connectivity index (χ0) is 20.8. The van der Waals surface area contributed by atoms with Gasteiger partial charge in [-0.05, 0) is 129 Å². The highest BCUT2D eigenvalue weighted by molar-refractivity contribution is 5.96. The molecule has 1 aliphatic heterocycles. The molecular weight excluding hydrogens is 424 g/mol. The molecule has 33 heavy (non-hydrogen) atoms. The first-order chi connectivity index (χ1) is 15.8. The van der Waals surface area contributed by atoms with Crippen LogP contribution in [0.4, 0.5) is 0 Å². The molecule has 0 saturated heterocycles. The standard InChI is InChI=1S/C30H34N2.ClH/c1-2-21-5-6-22-11-18(16-26-23-12-19-10-20(14-23)15-24(26)13-19)4-7-28(22)32-29-8-9-31-17-27(29)25(3-1)30(21)32;/h2,5-6,8-9,17-20,23-24,26H,1,3-4,7,10-16H2;1H. The van der Waals surface area contributed by atoms with Crippen LogP contribution in [0.25, 0.3) is 22.2 Å². The van der Waals surface area contributed by atoms with E-state index >= 15 is 0 Å². The van der Waals surface area contributed by atoms with Crippen molar-refractivity contribution in [3.8, 4) is 0 Å². The molecule has 2 aromatic heterocycles. The number of allylic oxidation sites excluding steroid dienone is 6. The van der Waals surface area contributed by atoms with Crippen LogP contribution < -0.4 is 0 Å². The molecule has 6 aliphatic carbocycles. The first kappa shape index (κ1) is 20.6. The van der Waals surface area contributed by atoms with Gasteiger partial charge in [-0.1, -0.05) is 18.2 Å². The maximum absolute atomic E-state index is 4.49. The van der Waals surface area contributed by atoms with Gasteiger partial charge in [0.1, 0.15) is 0 Å². The van der Waals surface area contributed by atoms with Gasteiger partial charge in [-0.3, -0.25) is 4.98 Å². The lowest BCUT2D eigenvalue weighted by Crippen LogP contribution is -2.45. The molecule has 4 saturated carbocycles. The van der Waals surface area contributed by atoms with Gasteiger partial charge >= 0.3 is 0 Å². The van der Waals surface area contributed by atoms with Gasteiger partial charge in [0.05, 0.1) is 11.2 Å². The maximum atomic E-state index is 4.49. The summed E-state index contributed by atoms with van der Waals surface area (Å²) in [7, 11) is 0. The summed E-state index contributed by atoms with van der Waals surface area (Å²) in [4.78, 5) is 4.49. The summed E-state index contributed by atoms with van der Waals surface area (Å²) in [6.45, 7) is 0. The fourth-order valence-electron chi connectivity index (χ4n) is 9.30. The summed E-state index contributed by atoms with van der Waals surface area (Å²) in [5.41, 5.74) is 9.03. The first-order valence-corrected chi connectivity index (χ1v) is 13.4. The first-order valence-electron chi connectivity index (χ1n) is 13.4. The van der Waals surface area contributed by atoms with Gasteiger partial charge in [-0.25, -0.2) is 0 Å². The van der Waals surface area contributed by atoms with E-state index in [-0.39, 0.29) is 12.4 Å². The minimum Gasteiger partial charge on any atom is -0.312 e. The summed E-state index contributed by atoms with van der Waals surface area (Å²) < 4.78 is 2.64. The Kier molecular flexibility index (Phi) is 4.74. The molecule has 3 heteroatoms. The molecule has 0 N–H and O–H groups in total. The molecular formula is C30H35ClN2. The molecule has 2 nitrogen and oxygen atoms in total. The molecule has 0 amide bonds. The monoisotopic (exact) mass is 458 g/mol. The van der Waals surface area contributed by atoms with Crippen molar-refractivity contribution >= 4 is 34.6 Å². The van der Waals surface area contributed by atoms with Crippen LogP contribution in [-0.4, -0.2) is 9.55 Å². The summed E-state index contributed by atoms with van der Waals surface area (Å²) in [5, 5.41) is 1.38. The third kappa shape index (κ3) is 3.02. The second-order valence-electron chi connectivity index (χ2n) is 12.0. The number of aromatic nitrogens is 2. The van der Waals surface area contributed by atoms with Gasteiger partial charge in [-0.2, -0.15) is 0 Å². The summed E-state index contributed by atoms with van der Waals surface area (Å²) in [6, 6.07) is 2.25. The number of fused-ring (bicyclic) bond motifs is 4. The highest BCUT2D eigenvalue weighted by Crippen LogP contribution is 2.58. The second kappa shape index (κ2) is 7.60. The SMILES string of the molecule is C1=CC2=C(CCC(CC3C4CC5CC(C4)CC3C5)C2)n2c3c(c4cnccc42)CCC=C13.Cl. The topological polar surface area (TPSA) is 17.8 Å². The van der Waals surface area contributed by atoms with Crippen LogP contribution in [0.15, 0.2) is 42.3 Å². The van der Waals surface area contributed by atoms with E-state index in [1.807, 2.05) is 6.20 Å². The van der Waals surface area contributed by atoms with Gasteiger partial charge in [0.15, 0.2) is 0 Å². The van der Waals surface area contributed by atoms with E-state index in [2.05, 4.69) is 40.0 Å². The molecule has 4 fully saturated rings. The molecule has 1 atom stereocenters. The van der Waals surface area contributed by atoms with Crippen molar-refractivity contribution in [1.29, 1.82) is 0 Å². The Labute approximate surface area is 203 Å². The van der Waals surface area contributed by atoms with E-state index in [1.54, 1.807) is 43.4 Å². The van der Waals surface area contributed by atoms with Gasteiger partial charge < -0.3 is 4.57 Å². The van der Waals surface area contributed by atoms with Gasteiger partial charge in [0, 0.05) is 23.5 Å². The van der Waals surface area contributed by atoms with Crippen LogP contribution >= 0.6 is 12.4 Å². The predicted octanol–water partition coefficient (Wildman–Crippen LogP) is 7.83. The van der Waals surface area contributed by atoms with Crippen molar-refractivity contribution in [2.24, 2.45) is 35.5 Å². The predicted molar refractivity (Wildman–Crippen MR) is 138 cm³/mol. The number of hydrogen-bond acceptors (Lipinski definition) is 1. The van der Waals surface area contributed by atoms with E-state index in [9.17, 15) is 0 Å². The Balaban J connectivity index is 0.00000190. The number of hydrogen-bond donors (Lipinski definition) is 0. The Morgan fingerprint density at radius 2 is 1.79 bits per heavy atom. The molecule has 4 bridgehead atoms. The largest absolute Gasteiger partial charge is 0.312 e. The molecule has 9 rings (SSSR count). The molecule has 2 aromatic rings. The number of rotatable bonds is 2. The van der Waals surface area contributed by atoms with Crippen molar-refractivity contribution in [3.05, 3.63) is 53.5 Å². The van der Waals surface area contributed by atoms with Gasteiger partial charge in [0.25, 0.3) is 0 Å². The Hall–Kier alpha value is -1.80. The van der Waals surface area contributed by atoms with Gasteiger partial charge in [0.2, 0.25) is 0 Å². The summed E-state index contributed by atoms with van der Waals surface area (Å²) >= 11 is 0. The van der Waals surface area contributed by atoms with Crippen LogP contribution in [0.3, 0.4) is 0 Å². The van der Waals surface area contributed by atoms with Crippen molar-refractivity contribution in [1.82, 2.24) is 9.55 Å². The zero-order valence-corrected chi connectivity index (χ0v) is 20.3. The normalized spacial score (nSPS) is 35.7. The Morgan fingerprint density at radius 1 is 0.970 bits per heavy atom. The van der Waals surface area contributed by atoms with Crippen LogP contribution in [-0.2, 0) is 6.42 Å². The fourth-order valence-corrected chi connectivity index (χ4v) is 9.30. The van der Waals surface area contributed by atoms with Gasteiger partial charge in [-0.15, -0.1) is 12.4 Å². The average molecular weight is 459 g/mol. The lowest BCUT2D eigenvalue weighted by molar-refractivity contribution is -0.0461. The number of halogens is 1. The van der Waals surface area contributed by atoms with Crippen LogP contribution in [0, 0.1) is 35.5 Å². The van der Waals surface area contributed by atoms with Crippen molar-refractivity contribution < 1.29 is 0 Å². The molecule has 1 unspecified atom stereocenters. The quantitative estimate of drug-likeness (QED) is 0.448. The minimum atomic E-state index is 0. The van der Waals surface area contributed by atoms with E-state index in [4.69, 9.17) is 0 Å². The third-order valence-corrected chi connectivity index (χ3v) is 10.3. The van der Waals surface area contributed by atoms with E-state index < -0.39 is 0 Å². The van der Waals surface area contributed by atoms with E-state index in [1.165, 1.54) is 53.4 Å². The molecule has 0 aromatic carbocycles. The molecule has 0 spiro atoms. The zero-order valence-electron chi connectivity index (χ0n) is 19.5. The number of pyridine rings is 1. The van der Waals surface area contributed by atoms with E-state index in [0.29, 0.717) is 0 Å². The Morgan fingerprint density at radius 3 is 2.61 bits per heavy atom. The number of aryl methyl sites for hydroxylation is 1. The lowest BCUT2D eigenvalue weighted by Gasteiger charge is -2.55. The smallest absolute Gasteiger partial charge is 0.0567 e. The molecule has 172 valence electrons. The highest BCUT2D eigenvalue weighted by atomic mass is 35.5. The maximum Gasteiger partial charge on any atom is 0.0567 e. The van der Waals surface area contributed by atoms with Crippen molar-refractivity contribution in [2.45, 2.75) is 70.6 Å². The van der Waals surface area contributed by atoms with Crippen LogP contribution in [0.2, 0.25) is 0 Å². The summed E-state index contributed by atoms with van der Waals surface area (Å²) in [6.07, 6.45) is 27.1. The number of nitrogens with zero attached hydrogens (tertiary/aromatic N) is 2. The fraction of sp³-hybridized carbons (Fsp3) is 0.567. The highest BCUT2D eigenvalue weighted by Gasteiger charge is 2.48. The lowest BCUT2D eigenvalue weighted by atomic mass is 9.50. The molecule has 0 radical (unpaired) electrons. The molecule has 7 aliphatic rings.